The van der Waals surface area contributed by atoms with Gasteiger partial charge in [0.15, 0.2) is 0 Å². The Hall–Kier alpha value is -0.900. The number of halogens is 2. The van der Waals surface area contributed by atoms with Crippen molar-refractivity contribution >= 4 is 21.8 Å². The van der Waals surface area contributed by atoms with Crippen molar-refractivity contribution in [3.05, 3.63) is 35.1 Å². The second kappa shape index (κ2) is 7.43. The molecule has 0 aliphatic heterocycles. The molecule has 0 unspecified atom stereocenters. The first kappa shape index (κ1) is 14.2. The molecule has 1 amide bonds. The molecule has 0 saturated heterocycles. The maximum Gasteiger partial charge on any atom is 0.251 e. The van der Waals surface area contributed by atoms with E-state index in [4.69, 9.17) is 0 Å². The first-order chi connectivity index (χ1) is 8.15. The van der Waals surface area contributed by atoms with Gasteiger partial charge in [0, 0.05) is 17.4 Å². The number of amides is 1. The number of nitrogens with one attached hydrogen (secondary N) is 1. The standard InChI is InChI=1S/C13H17BrFNO/c1-10-9-11(5-6-12(10)15)13(17)16-8-4-2-3-7-14/h5-6,9H,2-4,7-8H2,1H3,(H,16,17). The fourth-order valence-corrected chi connectivity index (χ4v) is 1.88. The lowest BCUT2D eigenvalue weighted by Gasteiger charge is -2.06. The van der Waals surface area contributed by atoms with Crippen LogP contribution in [-0.2, 0) is 0 Å². The Kier molecular flexibility index (Phi) is 6.19. The van der Waals surface area contributed by atoms with Crippen molar-refractivity contribution in [2.75, 3.05) is 11.9 Å². The minimum absolute atomic E-state index is 0.132. The van der Waals surface area contributed by atoms with E-state index in [1.807, 2.05) is 0 Å². The Bertz CT molecular complexity index is 382. The van der Waals surface area contributed by atoms with Crippen LogP contribution in [-0.4, -0.2) is 17.8 Å². The van der Waals surface area contributed by atoms with E-state index in [9.17, 15) is 9.18 Å². The number of rotatable bonds is 6. The number of hydrogen-bond acceptors (Lipinski definition) is 1. The van der Waals surface area contributed by atoms with Crippen LogP contribution in [0.5, 0.6) is 0 Å². The number of benzene rings is 1. The fraction of sp³-hybridized carbons (Fsp3) is 0.462. The zero-order valence-electron chi connectivity index (χ0n) is 9.93. The molecule has 0 saturated carbocycles. The molecule has 0 aliphatic rings. The first-order valence-electron chi connectivity index (χ1n) is 5.75. The van der Waals surface area contributed by atoms with E-state index in [1.54, 1.807) is 13.0 Å². The van der Waals surface area contributed by atoms with Gasteiger partial charge in [0.05, 0.1) is 0 Å². The summed E-state index contributed by atoms with van der Waals surface area (Å²) in [5.41, 5.74) is 1.02. The van der Waals surface area contributed by atoms with Gasteiger partial charge >= 0.3 is 0 Å². The topological polar surface area (TPSA) is 29.1 Å². The summed E-state index contributed by atoms with van der Waals surface area (Å²) < 4.78 is 13.0. The van der Waals surface area contributed by atoms with Crippen LogP contribution in [0.1, 0.15) is 35.2 Å². The Balaban J connectivity index is 2.39. The molecule has 2 nitrogen and oxygen atoms in total. The second-order valence-electron chi connectivity index (χ2n) is 3.97. The third-order valence-corrected chi connectivity index (χ3v) is 3.08. The Morgan fingerprint density at radius 2 is 2.12 bits per heavy atom. The molecule has 0 radical (unpaired) electrons. The van der Waals surface area contributed by atoms with Crippen LogP contribution in [0.4, 0.5) is 4.39 Å². The molecule has 1 aromatic rings. The third-order valence-electron chi connectivity index (χ3n) is 2.52. The van der Waals surface area contributed by atoms with E-state index < -0.39 is 0 Å². The number of carbonyl (C=O) groups is 1. The van der Waals surface area contributed by atoms with Gasteiger partial charge in [-0.1, -0.05) is 22.4 Å². The van der Waals surface area contributed by atoms with Gasteiger partial charge in [-0.2, -0.15) is 0 Å². The van der Waals surface area contributed by atoms with Gasteiger partial charge in [-0.25, -0.2) is 4.39 Å². The number of unbranched alkanes of at least 4 members (excludes halogenated alkanes) is 2. The summed E-state index contributed by atoms with van der Waals surface area (Å²) in [6.07, 6.45) is 3.18. The highest BCUT2D eigenvalue weighted by atomic mass is 79.9. The average molecular weight is 302 g/mol. The van der Waals surface area contributed by atoms with Crippen molar-refractivity contribution < 1.29 is 9.18 Å². The second-order valence-corrected chi connectivity index (χ2v) is 4.76. The quantitative estimate of drug-likeness (QED) is 0.633. The van der Waals surface area contributed by atoms with Crippen LogP contribution < -0.4 is 5.32 Å². The minimum Gasteiger partial charge on any atom is -0.352 e. The molecular formula is C13H17BrFNO. The molecular weight excluding hydrogens is 285 g/mol. The van der Waals surface area contributed by atoms with Gasteiger partial charge in [0.2, 0.25) is 0 Å². The van der Waals surface area contributed by atoms with Gasteiger partial charge in [0.25, 0.3) is 5.91 Å². The highest BCUT2D eigenvalue weighted by Crippen LogP contribution is 2.09. The van der Waals surface area contributed by atoms with E-state index in [0.29, 0.717) is 17.7 Å². The van der Waals surface area contributed by atoms with Crippen molar-refractivity contribution in [2.45, 2.75) is 26.2 Å². The Labute approximate surface area is 110 Å². The van der Waals surface area contributed by atoms with E-state index in [-0.39, 0.29) is 11.7 Å². The van der Waals surface area contributed by atoms with Crippen LogP contribution in [0.2, 0.25) is 0 Å². The van der Waals surface area contributed by atoms with Crippen molar-refractivity contribution in [3.8, 4) is 0 Å². The van der Waals surface area contributed by atoms with Crippen LogP contribution >= 0.6 is 15.9 Å². The fourth-order valence-electron chi connectivity index (χ4n) is 1.49. The Morgan fingerprint density at radius 3 is 2.76 bits per heavy atom. The van der Waals surface area contributed by atoms with Gasteiger partial charge in [-0.15, -0.1) is 0 Å². The van der Waals surface area contributed by atoms with Gasteiger partial charge in [-0.05, 0) is 43.5 Å². The lowest BCUT2D eigenvalue weighted by Crippen LogP contribution is -2.24. The van der Waals surface area contributed by atoms with E-state index >= 15 is 0 Å². The van der Waals surface area contributed by atoms with E-state index in [1.165, 1.54) is 12.1 Å². The summed E-state index contributed by atoms with van der Waals surface area (Å²) in [6, 6.07) is 4.41. The summed E-state index contributed by atoms with van der Waals surface area (Å²) in [6.45, 7) is 2.32. The predicted molar refractivity (Wildman–Crippen MR) is 71.1 cm³/mol. The number of aryl methyl sites for hydroxylation is 1. The van der Waals surface area contributed by atoms with Crippen molar-refractivity contribution in [1.29, 1.82) is 0 Å². The molecule has 0 spiro atoms. The van der Waals surface area contributed by atoms with Crippen molar-refractivity contribution in [1.82, 2.24) is 5.32 Å². The Morgan fingerprint density at radius 1 is 1.35 bits per heavy atom. The van der Waals surface area contributed by atoms with Crippen LogP contribution in [0.25, 0.3) is 0 Å². The summed E-state index contributed by atoms with van der Waals surface area (Å²) in [7, 11) is 0. The summed E-state index contributed by atoms with van der Waals surface area (Å²) in [5, 5.41) is 3.83. The number of alkyl halides is 1. The maximum absolute atomic E-state index is 13.0. The minimum atomic E-state index is -0.279. The first-order valence-corrected chi connectivity index (χ1v) is 6.87. The molecule has 0 heterocycles. The van der Waals surface area contributed by atoms with E-state index in [2.05, 4.69) is 21.2 Å². The monoisotopic (exact) mass is 301 g/mol. The van der Waals surface area contributed by atoms with Crippen molar-refractivity contribution in [2.24, 2.45) is 0 Å². The molecule has 0 fully saturated rings. The highest BCUT2D eigenvalue weighted by Gasteiger charge is 2.06. The average Bonchev–Trinajstić information content (AvgIpc) is 2.32. The summed E-state index contributed by atoms with van der Waals surface area (Å²) in [5.74, 6) is -0.411. The zero-order chi connectivity index (χ0) is 12.7. The molecule has 17 heavy (non-hydrogen) atoms. The van der Waals surface area contributed by atoms with E-state index in [0.717, 1.165) is 24.6 Å². The zero-order valence-corrected chi connectivity index (χ0v) is 11.5. The lowest BCUT2D eigenvalue weighted by atomic mass is 10.1. The molecule has 0 aliphatic carbocycles. The molecule has 1 aromatic carbocycles. The summed E-state index contributed by atoms with van der Waals surface area (Å²) in [4.78, 5) is 11.7. The smallest absolute Gasteiger partial charge is 0.251 e. The molecule has 94 valence electrons. The van der Waals surface area contributed by atoms with Crippen LogP contribution in [0.3, 0.4) is 0 Å². The molecule has 0 aromatic heterocycles. The molecule has 0 atom stereocenters. The van der Waals surface area contributed by atoms with Crippen LogP contribution in [0, 0.1) is 12.7 Å². The largest absolute Gasteiger partial charge is 0.352 e. The number of hydrogen-bond donors (Lipinski definition) is 1. The molecule has 1 rings (SSSR count). The predicted octanol–water partition coefficient (Wildman–Crippen LogP) is 3.43. The lowest BCUT2D eigenvalue weighted by molar-refractivity contribution is 0.0953. The van der Waals surface area contributed by atoms with Crippen LogP contribution in [0.15, 0.2) is 18.2 Å². The highest BCUT2D eigenvalue weighted by molar-refractivity contribution is 9.09. The summed E-state index contributed by atoms with van der Waals surface area (Å²) >= 11 is 3.36. The normalized spacial score (nSPS) is 10.3. The number of carbonyl (C=O) groups excluding carboxylic acids is 1. The van der Waals surface area contributed by atoms with Gasteiger partial charge < -0.3 is 5.32 Å². The van der Waals surface area contributed by atoms with Gasteiger partial charge in [-0.3, -0.25) is 4.79 Å². The SMILES string of the molecule is Cc1cc(C(=O)NCCCCCBr)ccc1F. The molecule has 1 N–H and O–H groups in total. The molecule has 4 heteroatoms. The third kappa shape index (κ3) is 4.86. The maximum atomic E-state index is 13.0. The molecule has 0 bridgehead atoms. The van der Waals surface area contributed by atoms with Crippen molar-refractivity contribution in [3.63, 3.8) is 0 Å². The van der Waals surface area contributed by atoms with Gasteiger partial charge in [0.1, 0.15) is 5.82 Å².